The molecule has 182 valence electrons. The number of imidazole rings is 1. The van der Waals surface area contributed by atoms with Crippen LogP contribution in [0.3, 0.4) is 0 Å². The number of para-hydroxylation sites is 2. The van der Waals surface area contributed by atoms with Crippen molar-refractivity contribution in [1.29, 1.82) is 0 Å². The summed E-state index contributed by atoms with van der Waals surface area (Å²) >= 11 is 0. The number of ether oxygens (including phenoxy) is 2. The zero-order chi connectivity index (χ0) is 23.9. The maximum Gasteiger partial charge on any atom is 0.227 e. The molecule has 3 aromatic rings. The van der Waals surface area contributed by atoms with E-state index in [2.05, 4.69) is 29.7 Å². The number of amides is 1. The van der Waals surface area contributed by atoms with Crippen LogP contribution in [0.5, 0.6) is 11.5 Å². The lowest BCUT2D eigenvalue weighted by Crippen LogP contribution is -2.25. The number of nitrogens with zero attached hydrogens (tertiary/aromatic N) is 3. The van der Waals surface area contributed by atoms with E-state index in [1.165, 1.54) is 38.5 Å². The molecule has 1 aliphatic heterocycles. The van der Waals surface area contributed by atoms with Crippen LogP contribution < -0.4 is 14.4 Å². The van der Waals surface area contributed by atoms with Crippen molar-refractivity contribution < 1.29 is 14.3 Å². The molecule has 6 nitrogen and oxygen atoms in total. The second kappa shape index (κ2) is 11.4. The van der Waals surface area contributed by atoms with Gasteiger partial charge in [0.05, 0.1) is 30.9 Å². The molecule has 1 aromatic heterocycles. The molecule has 0 radical (unpaired) electrons. The highest BCUT2D eigenvalue weighted by molar-refractivity contribution is 5.98. The van der Waals surface area contributed by atoms with Crippen molar-refractivity contribution in [2.75, 3.05) is 25.7 Å². The molecule has 0 N–H and O–H groups in total. The highest BCUT2D eigenvalue weighted by Crippen LogP contribution is 2.39. The highest BCUT2D eigenvalue weighted by Gasteiger charge is 2.36. The van der Waals surface area contributed by atoms with E-state index >= 15 is 0 Å². The lowest BCUT2D eigenvalue weighted by Gasteiger charge is -2.20. The number of hydrogen-bond donors (Lipinski definition) is 0. The summed E-state index contributed by atoms with van der Waals surface area (Å²) in [4.78, 5) is 20.0. The Morgan fingerprint density at radius 1 is 0.971 bits per heavy atom. The molecule has 0 aliphatic carbocycles. The van der Waals surface area contributed by atoms with Crippen molar-refractivity contribution in [3.63, 3.8) is 0 Å². The van der Waals surface area contributed by atoms with Crippen LogP contribution in [0.15, 0.2) is 42.5 Å². The van der Waals surface area contributed by atoms with E-state index in [4.69, 9.17) is 14.5 Å². The molecule has 1 fully saturated rings. The molecule has 2 heterocycles. The molecule has 1 unspecified atom stereocenters. The zero-order valence-corrected chi connectivity index (χ0v) is 20.8. The van der Waals surface area contributed by atoms with Crippen molar-refractivity contribution in [3.05, 3.63) is 48.3 Å². The first kappa shape index (κ1) is 24.1. The second-order valence-electron chi connectivity index (χ2n) is 9.17. The molecule has 6 heteroatoms. The molecule has 1 aliphatic rings. The maximum atomic E-state index is 13.1. The summed E-state index contributed by atoms with van der Waals surface area (Å²) in [7, 11) is 3.26. The van der Waals surface area contributed by atoms with Gasteiger partial charge in [0.15, 0.2) is 0 Å². The van der Waals surface area contributed by atoms with Crippen molar-refractivity contribution in [1.82, 2.24) is 9.55 Å². The summed E-state index contributed by atoms with van der Waals surface area (Å²) in [6.07, 6.45) is 9.36. The van der Waals surface area contributed by atoms with Crippen molar-refractivity contribution >= 4 is 22.6 Å². The molecule has 4 rings (SSSR count). The normalized spacial score (nSPS) is 15.9. The largest absolute Gasteiger partial charge is 0.497 e. The highest BCUT2D eigenvalue weighted by atomic mass is 16.5. The first-order chi connectivity index (χ1) is 16.7. The van der Waals surface area contributed by atoms with Crippen LogP contribution in [-0.2, 0) is 11.3 Å². The number of benzene rings is 2. The minimum Gasteiger partial charge on any atom is -0.497 e. The van der Waals surface area contributed by atoms with Gasteiger partial charge in [0, 0.05) is 31.5 Å². The number of carbonyl (C=O) groups is 1. The molecule has 0 spiro atoms. The number of unbranched alkanes of at least 4 members (excludes halogenated alkanes) is 6. The Labute approximate surface area is 202 Å². The fourth-order valence-electron chi connectivity index (χ4n) is 4.99. The van der Waals surface area contributed by atoms with Crippen LogP contribution >= 0.6 is 0 Å². The first-order valence-electron chi connectivity index (χ1n) is 12.6. The fourth-order valence-corrected chi connectivity index (χ4v) is 4.99. The van der Waals surface area contributed by atoms with Crippen molar-refractivity contribution in [3.8, 4) is 11.5 Å². The Morgan fingerprint density at radius 2 is 1.74 bits per heavy atom. The van der Waals surface area contributed by atoms with Gasteiger partial charge in [-0.1, -0.05) is 57.6 Å². The van der Waals surface area contributed by atoms with Crippen molar-refractivity contribution in [2.45, 2.75) is 70.8 Å². The third-order valence-corrected chi connectivity index (χ3v) is 6.84. The summed E-state index contributed by atoms with van der Waals surface area (Å²) in [5, 5.41) is 0. The Bertz CT molecular complexity index is 1110. The van der Waals surface area contributed by atoms with Gasteiger partial charge >= 0.3 is 0 Å². The lowest BCUT2D eigenvalue weighted by molar-refractivity contribution is -0.117. The quantitative estimate of drug-likeness (QED) is 0.295. The van der Waals surface area contributed by atoms with Crippen LogP contribution in [0.2, 0.25) is 0 Å². The molecule has 1 saturated heterocycles. The molecule has 1 amide bonds. The third-order valence-electron chi connectivity index (χ3n) is 6.84. The smallest absolute Gasteiger partial charge is 0.227 e. The summed E-state index contributed by atoms with van der Waals surface area (Å²) in [6.45, 7) is 3.78. The number of rotatable bonds is 12. The lowest BCUT2D eigenvalue weighted by atomic mass is 10.1. The summed E-state index contributed by atoms with van der Waals surface area (Å²) in [5.74, 6) is 2.53. The molecular formula is C28H37N3O3. The van der Waals surface area contributed by atoms with Crippen LogP contribution in [0, 0.1) is 0 Å². The average molecular weight is 464 g/mol. The second-order valence-corrected chi connectivity index (χ2v) is 9.17. The summed E-state index contributed by atoms with van der Waals surface area (Å²) < 4.78 is 13.3. The first-order valence-corrected chi connectivity index (χ1v) is 12.6. The van der Waals surface area contributed by atoms with Crippen LogP contribution in [-0.4, -0.2) is 36.2 Å². The number of aromatic nitrogens is 2. The minimum absolute atomic E-state index is 0.0420. The number of carbonyl (C=O) groups excluding carboxylic acids is 1. The molecule has 2 aromatic carbocycles. The SMILES string of the molecule is CCCCCCCCCn1c(C2CC(=O)N(c3cc(OC)ccc3OC)C2)nc2ccccc21. The van der Waals surface area contributed by atoms with E-state index in [0.717, 1.165) is 35.5 Å². The van der Waals surface area contributed by atoms with Gasteiger partial charge in [-0.15, -0.1) is 0 Å². The number of hydrogen-bond acceptors (Lipinski definition) is 4. The van der Waals surface area contributed by atoms with Crippen LogP contribution in [0.4, 0.5) is 5.69 Å². The number of methoxy groups -OCH3 is 2. The predicted octanol–water partition coefficient (Wildman–Crippen LogP) is 6.32. The topological polar surface area (TPSA) is 56.6 Å². The van der Waals surface area contributed by atoms with Gasteiger partial charge < -0.3 is 18.9 Å². The fraction of sp³-hybridized carbons (Fsp3) is 0.500. The minimum atomic E-state index is 0.0420. The van der Waals surface area contributed by atoms with E-state index in [1.54, 1.807) is 14.2 Å². The number of anilines is 1. The number of fused-ring (bicyclic) bond motifs is 1. The van der Waals surface area contributed by atoms with Crippen molar-refractivity contribution in [2.24, 2.45) is 0 Å². The Balaban J connectivity index is 1.53. The maximum absolute atomic E-state index is 13.1. The molecular weight excluding hydrogens is 426 g/mol. The van der Waals surface area contributed by atoms with E-state index < -0.39 is 0 Å². The van der Waals surface area contributed by atoms with Gasteiger partial charge in [0.25, 0.3) is 0 Å². The summed E-state index contributed by atoms with van der Waals surface area (Å²) in [5.41, 5.74) is 2.92. The van der Waals surface area contributed by atoms with Gasteiger partial charge in [0.2, 0.25) is 5.91 Å². The van der Waals surface area contributed by atoms with Gasteiger partial charge in [0.1, 0.15) is 17.3 Å². The van der Waals surface area contributed by atoms with E-state index in [-0.39, 0.29) is 11.8 Å². The Morgan fingerprint density at radius 3 is 2.50 bits per heavy atom. The van der Waals surface area contributed by atoms with E-state index in [0.29, 0.717) is 24.5 Å². The average Bonchev–Trinajstić information content (AvgIpc) is 3.43. The van der Waals surface area contributed by atoms with E-state index in [1.807, 2.05) is 29.2 Å². The van der Waals surface area contributed by atoms with Gasteiger partial charge in [-0.3, -0.25) is 4.79 Å². The van der Waals surface area contributed by atoms with Crippen LogP contribution in [0.1, 0.15) is 70.0 Å². The third kappa shape index (κ3) is 5.21. The standard InChI is InChI=1S/C28H37N3O3/c1-4-5-6-7-8-9-12-17-30-24-14-11-10-13-23(24)29-28(30)21-18-27(32)31(20-21)25-19-22(33-2)15-16-26(25)34-3/h10-11,13-16,19,21H,4-9,12,17-18,20H2,1-3H3. The molecule has 1 atom stereocenters. The van der Waals surface area contributed by atoms with E-state index in [9.17, 15) is 4.79 Å². The summed E-state index contributed by atoms with van der Waals surface area (Å²) in [6, 6.07) is 13.9. The van der Waals surface area contributed by atoms with Gasteiger partial charge in [-0.2, -0.15) is 0 Å². The molecule has 0 bridgehead atoms. The van der Waals surface area contributed by atoms with Crippen LogP contribution in [0.25, 0.3) is 11.0 Å². The Hall–Kier alpha value is -3.02. The molecule has 0 saturated carbocycles. The Kier molecular flexibility index (Phi) is 8.09. The monoisotopic (exact) mass is 463 g/mol. The molecule has 34 heavy (non-hydrogen) atoms. The zero-order valence-electron chi connectivity index (χ0n) is 20.8. The van der Waals surface area contributed by atoms with Gasteiger partial charge in [-0.25, -0.2) is 4.98 Å². The van der Waals surface area contributed by atoms with Gasteiger partial charge in [-0.05, 0) is 30.7 Å². The number of aryl methyl sites for hydroxylation is 1. The predicted molar refractivity (Wildman–Crippen MR) is 137 cm³/mol.